The van der Waals surface area contributed by atoms with Crippen LogP contribution in [-0.2, 0) is 14.3 Å². The smallest absolute Gasteiger partial charge is 0.407 e. The third-order valence-electron chi connectivity index (χ3n) is 3.07. The number of ether oxygens (including phenoxy) is 2. The van der Waals surface area contributed by atoms with Crippen molar-refractivity contribution in [3.8, 4) is 0 Å². The fourth-order valence-corrected chi connectivity index (χ4v) is 1.78. The summed E-state index contributed by atoms with van der Waals surface area (Å²) in [5, 5.41) is 6.03. The van der Waals surface area contributed by atoms with E-state index >= 15 is 0 Å². The van der Waals surface area contributed by atoms with Crippen molar-refractivity contribution in [3.63, 3.8) is 0 Å². The van der Waals surface area contributed by atoms with Crippen LogP contribution in [0.15, 0.2) is 0 Å². The van der Waals surface area contributed by atoms with E-state index in [9.17, 15) is 9.59 Å². The number of carbonyl (C=O) groups excluding carboxylic acids is 2. The van der Waals surface area contributed by atoms with Gasteiger partial charge in [0.15, 0.2) is 0 Å². The number of hydrogen-bond donors (Lipinski definition) is 2. The zero-order valence-corrected chi connectivity index (χ0v) is 14.8. The first-order valence-electron chi connectivity index (χ1n) is 7.99. The lowest BCUT2D eigenvalue weighted by Crippen LogP contribution is -2.40. The van der Waals surface area contributed by atoms with Crippen molar-refractivity contribution in [1.29, 1.82) is 0 Å². The Hall–Kier alpha value is -1.30. The summed E-state index contributed by atoms with van der Waals surface area (Å²) in [6.07, 6.45) is -0.0392. The van der Waals surface area contributed by atoms with Crippen molar-refractivity contribution in [2.24, 2.45) is 11.8 Å². The fraction of sp³-hybridized carbons (Fsp3) is 0.875. The Kier molecular flexibility index (Phi) is 9.81. The summed E-state index contributed by atoms with van der Waals surface area (Å²) < 4.78 is 10.1. The number of carbonyl (C=O) groups is 2. The Morgan fingerprint density at radius 3 is 2.27 bits per heavy atom. The van der Waals surface area contributed by atoms with Crippen LogP contribution in [0.1, 0.15) is 48.0 Å². The lowest BCUT2D eigenvalue weighted by Gasteiger charge is -2.24. The second kappa shape index (κ2) is 10.4. The van der Waals surface area contributed by atoms with Crippen LogP contribution in [-0.4, -0.2) is 43.9 Å². The minimum atomic E-state index is -0.491. The average Bonchev–Trinajstić information content (AvgIpc) is 2.35. The van der Waals surface area contributed by atoms with E-state index in [1.54, 1.807) is 6.92 Å². The summed E-state index contributed by atoms with van der Waals surface area (Å²) in [5.41, 5.74) is -0.491. The molecule has 1 atom stereocenters. The molecule has 0 saturated carbocycles. The van der Waals surface area contributed by atoms with E-state index in [0.717, 1.165) is 6.54 Å². The number of nitrogens with one attached hydrogen (secondary N) is 2. The first kappa shape index (κ1) is 20.7. The molecule has 0 saturated heterocycles. The highest BCUT2D eigenvalue weighted by molar-refractivity contribution is 5.69. The molecule has 1 amide bonds. The molecule has 6 nitrogen and oxygen atoms in total. The van der Waals surface area contributed by atoms with E-state index in [1.165, 1.54) is 0 Å². The third-order valence-corrected chi connectivity index (χ3v) is 3.07. The van der Waals surface area contributed by atoms with Gasteiger partial charge in [0.1, 0.15) is 5.60 Å². The van der Waals surface area contributed by atoms with E-state index in [1.807, 2.05) is 20.8 Å². The number of amides is 1. The Labute approximate surface area is 134 Å². The molecule has 0 bridgehead atoms. The van der Waals surface area contributed by atoms with Gasteiger partial charge in [-0.15, -0.1) is 0 Å². The van der Waals surface area contributed by atoms with Crippen LogP contribution < -0.4 is 10.6 Å². The number of alkyl carbamates (subject to hydrolysis) is 1. The quantitative estimate of drug-likeness (QED) is 0.504. The van der Waals surface area contributed by atoms with Gasteiger partial charge in [-0.05, 0) is 46.1 Å². The lowest BCUT2D eigenvalue weighted by molar-refractivity contribution is -0.142. The number of rotatable bonds is 9. The summed E-state index contributed by atoms with van der Waals surface area (Å²) in [6, 6.07) is 0. The van der Waals surface area contributed by atoms with E-state index in [2.05, 4.69) is 24.5 Å². The maximum Gasteiger partial charge on any atom is 0.407 e. The summed E-state index contributed by atoms with van der Waals surface area (Å²) in [5.74, 6) is 0.489. The van der Waals surface area contributed by atoms with Gasteiger partial charge in [0.2, 0.25) is 0 Å². The molecule has 0 radical (unpaired) electrons. The molecular formula is C16H32N2O4. The molecule has 0 heterocycles. The molecule has 0 rings (SSSR count). The number of esters is 1. The minimum Gasteiger partial charge on any atom is -0.466 e. The maximum absolute atomic E-state index is 11.7. The van der Waals surface area contributed by atoms with Gasteiger partial charge >= 0.3 is 12.1 Å². The second-order valence-corrected chi connectivity index (χ2v) is 6.65. The predicted molar refractivity (Wildman–Crippen MR) is 86.7 cm³/mol. The monoisotopic (exact) mass is 316 g/mol. The van der Waals surface area contributed by atoms with Gasteiger partial charge in [0.25, 0.3) is 0 Å². The molecule has 0 aromatic carbocycles. The van der Waals surface area contributed by atoms with Gasteiger partial charge in [-0.25, -0.2) is 4.79 Å². The van der Waals surface area contributed by atoms with Crippen molar-refractivity contribution >= 4 is 12.1 Å². The SMILES string of the molecule is CCOC(=O)CCNCC(CNC(=O)OC(C)(C)C)C(C)C. The Bertz CT molecular complexity index is 338. The molecule has 0 aliphatic carbocycles. The van der Waals surface area contributed by atoms with Crippen molar-refractivity contribution in [2.45, 2.75) is 53.6 Å². The molecule has 2 N–H and O–H groups in total. The van der Waals surface area contributed by atoms with Gasteiger partial charge in [0, 0.05) is 13.1 Å². The molecule has 0 aliphatic rings. The Morgan fingerprint density at radius 1 is 1.14 bits per heavy atom. The fourth-order valence-electron chi connectivity index (χ4n) is 1.78. The highest BCUT2D eigenvalue weighted by Gasteiger charge is 2.19. The molecular weight excluding hydrogens is 284 g/mol. The molecule has 0 fully saturated rings. The van der Waals surface area contributed by atoms with Crippen molar-refractivity contribution in [1.82, 2.24) is 10.6 Å². The predicted octanol–water partition coefficient (Wildman–Crippen LogP) is 2.33. The van der Waals surface area contributed by atoms with E-state index < -0.39 is 11.7 Å². The Morgan fingerprint density at radius 2 is 1.77 bits per heavy atom. The average molecular weight is 316 g/mol. The largest absolute Gasteiger partial charge is 0.466 e. The number of hydrogen-bond acceptors (Lipinski definition) is 5. The van der Waals surface area contributed by atoms with Crippen LogP contribution in [0.3, 0.4) is 0 Å². The van der Waals surface area contributed by atoms with Gasteiger partial charge in [-0.3, -0.25) is 4.79 Å². The van der Waals surface area contributed by atoms with Crippen LogP contribution in [0.5, 0.6) is 0 Å². The standard InChI is InChI=1S/C16H32N2O4/c1-7-21-14(19)8-9-17-10-13(12(2)3)11-18-15(20)22-16(4,5)6/h12-13,17H,7-11H2,1-6H3,(H,18,20). The molecule has 0 aromatic heterocycles. The second-order valence-electron chi connectivity index (χ2n) is 6.65. The summed E-state index contributed by atoms with van der Waals surface area (Å²) >= 11 is 0. The summed E-state index contributed by atoms with van der Waals surface area (Å²) in [4.78, 5) is 22.9. The molecule has 0 spiro atoms. The van der Waals surface area contributed by atoms with E-state index in [4.69, 9.17) is 9.47 Å². The molecule has 22 heavy (non-hydrogen) atoms. The van der Waals surface area contributed by atoms with E-state index in [0.29, 0.717) is 32.0 Å². The van der Waals surface area contributed by atoms with Crippen molar-refractivity contribution in [2.75, 3.05) is 26.2 Å². The maximum atomic E-state index is 11.7. The van der Waals surface area contributed by atoms with Crippen LogP contribution in [0.4, 0.5) is 4.79 Å². The Balaban J connectivity index is 4.02. The van der Waals surface area contributed by atoms with Crippen LogP contribution in [0.25, 0.3) is 0 Å². The minimum absolute atomic E-state index is 0.192. The first-order chi connectivity index (χ1) is 10.2. The molecule has 130 valence electrons. The van der Waals surface area contributed by atoms with Crippen LogP contribution in [0, 0.1) is 11.8 Å². The van der Waals surface area contributed by atoms with Gasteiger partial charge in [-0.2, -0.15) is 0 Å². The van der Waals surface area contributed by atoms with Crippen molar-refractivity contribution < 1.29 is 19.1 Å². The van der Waals surface area contributed by atoms with Gasteiger partial charge in [0.05, 0.1) is 13.0 Å². The summed E-state index contributed by atoms with van der Waals surface area (Å²) in [6.45, 7) is 13.8. The molecule has 6 heteroatoms. The normalized spacial score (nSPS) is 12.9. The van der Waals surface area contributed by atoms with Crippen molar-refractivity contribution in [3.05, 3.63) is 0 Å². The van der Waals surface area contributed by atoms with Gasteiger partial charge < -0.3 is 20.1 Å². The first-order valence-corrected chi connectivity index (χ1v) is 7.99. The molecule has 0 aliphatic heterocycles. The highest BCUT2D eigenvalue weighted by Crippen LogP contribution is 2.10. The molecule has 0 aromatic rings. The zero-order chi connectivity index (χ0) is 17.2. The van der Waals surface area contributed by atoms with Gasteiger partial charge in [-0.1, -0.05) is 13.8 Å². The molecule has 1 unspecified atom stereocenters. The van der Waals surface area contributed by atoms with Crippen LogP contribution >= 0.6 is 0 Å². The zero-order valence-electron chi connectivity index (χ0n) is 14.8. The summed E-state index contributed by atoms with van der Waals surface area (Å²) in [7, 11) is 0. The van der Waals surface area contributed by atoms with E-state index in [-0.39, 0.29) is 11.9 Å². The van der Waals surface area contributed by atoms with Crippen LogP contribution in [0.2, 0.25) is 0 Å². The highest BCUT2D eigenvalue weighted by atomic mass is 16.6. The third kappa shape index (κ3) is 11.4. The topological polar surface area (TPSA) is 76.7 Å². The lowest BCUT2D eigenvalue weighted by atomic mass is 9.96.